The quantitative estimate of drug-likeness (QED) is 0.349. The molecule has 1 saturated carbocycles. The van der Waals surface area contributed by atoms with Gasteiger partial charge in [0.05, 0.1) is 12.2 Å². The minimum atomic E-state index is -0.272. The molecule has 3 fully saturated rings. The number of halogens is 1. The Labute approximate surface area is 155 Å². The zero-order valence-corrected chi connectivity index (χ0v) is 16.0. The summed E-state index contributed by atoms with van der Waals surface area (Å²) in [6, 6.07) is 0. The summed E-state index contributed by atoms with van der Waals surface area (Å²) in [5.74, 6) is 0.691. The van der Waals surface area contributed by atoms with Crippen LogP contribution in [0.4, 0.5) is 0 Å². The molecule has 134 valence electrons. The Morgan fingerprint density at radius 3 is 2.70 bits per heavy atom. The van der Waals surface area contributed by atoms with E-state index in [1.165, 1.54) is 0 Å². The second-order valence-electron chi connectivity index (χ2n) is 6.96. The highest BCUT2D eigenvalue weighted by Gasteiger charge is 2.47. The van der Waals surface area contributed by atoms with Crippen LogP contribution >= 0.6 is 24.0 Å². The fourth-order valence-corrected chi connectivity index (χ4v) is 4.09. The molecule has 0 radical (unpaired) electrons. The van der Waals surface area contributed by atoms with Crippen molar-refractivity contribution in [1.29, 1.82) is 0 Å². The number of guanidine groups is 1. The van der Waals surface area contributed by atoms with Crippen molar-refractivity contribution in [2.75, 3.05) is 32.9 Å². The number of nitrogens with two attached hydrogens (primary N) is 1. The molecular formula is C16H30IN3O3. The summed E-state index contributed by atoms with van der Waals surface area (Å²) < 4.78 is 11.0. The smallest absolute Gasteiger partial charge is 0.188 e. The van der Waals surface area contributed by atoms with Gasteiger partial charge in [0.25, 0.3) is 0 Å². The van der Waals surface area contributed by atoms with E-state index in [-0.39, 0.29) is 47.5 Å². The summed E-state index contributed by atoms with van der Waals surface area (Å²) in [6.07, 6.45) is 6.27. The van der Waals surface area contributed by atoms with Crippen LogP contribution in [0, 0.1) is 11.3 Å². The lowest BCUT2D eigenvalue weighted by Gasteiger charge is -2.37. The molecule has 2 aliphatic heterocycles. The SMILES string of the molecule is I.NC(=NCC1CCC2(CCOCC2)C1O)NCC1CCCO1. The van der Waals surface area contributed by atoms with Crippen LogP contribution < -0.4 is 11.1 Å². The second kappa shape index (κ2) is 8.82. The summed E-state index contributed by atoms with van der Waals surface area (Å²) in [5.41, 5.74) is 5.99. The van der Waals surface area contributed by atoms with Gasteiger partial charge in [-0.2, -0.15) is 0 Å². The lowest BCUT2D eigenvalue weighted by molar-refractivity contribution is -0.0548. The van der Waals surface area contributed by atoms with Gasteiger partial charge in [-0.3, -0.25) is 4.99 Å². The molecule has 3 atom stereocenters. The van der Waals surface area contributed by atoms with Crippen LogP contribution in [0.25, 0.3) is 0 Å². The molecule has 0 aromatic rings. The minimum Gasteiger partial charge on any atom is -0.392 e. The summed E-state index contributed by atoms with van der Waals surface area (Å²) in [4.78, 5) is 4.43. The van der Waals surface area contributed by atoms with E-state index in [4.69, 9.17) is 15.2 Å². The van der Waals surface area contributed by atoms with Crippen molar-refractivity contribution in [2.24, 2.45) is 22.1 Å². The molecule has 1 aliphatic carbocycles. The van der Waals surface area contributed by atoms with Crippen molar-refractivity contribution in [2.45, 2.75) is 50.7 Å². The highest BCUT2D eigenvalue weighted by atomic mass is 127. The zero-order chi connectivity index (χ0) is 15.4. The van der Waals surface area contributed by atoms with E-state index < -0.39 is 0 Å². The minimum absolute atomic E-state index is 0. The lowest BCUT2D eigenvalue weighted by atomic mass is 9.76. The normalized spacial score (nSPS) is 33.6. The summed E-state index contributed by atoms with van der Waals surface area (Å²) in [6.45, 7) is 3.73. The Morgan fingerprint density at radius 1 is 1.22 bits per heavy atom. The van der Waals surface area contributed by atoms with E-state index in [1.807, 2.05) is 0 Å². The molecule has 3 unspecified atom stereocenters. The highest BCUT2D eigenvalue weighted by molar-refractivity contribution is 14.0. The largest absolute Gasteiger partial charge is 0.392 e. The van der Waals surface area contributed by atoms with Gasteiger partial charge in [0, 0.05) is 44.2 Å². The maximum Gasteiger partial charge on any atom is 0.188 e. The van der Waals surface area contributed by atoms with Crippen LogP contribution in [0.1, 0.15) is 38.5 Å². The number of aliphatic hydroxyl groups is 1. The Kier molecular flexibility index (Phi) is 7.37. The molecule has 0 amide bonds. The monoisotopic (exact) mass is 439 g/mol. The lowest BCUT2D eigenvalue weighted by Crippen LogP contribution is -2.40. The second-order valence-corrected chi connectivity index (χ2v) is 6.96. The molecule has 4 N–H and O–H groups in total. The van der Waals surface area contributed by atoms with E-state index in [0.29, 0.717) is 12.5 Å². The van der Waals surface area contributed by atoms with Gasteiger partial charge in [0.1, 0.15) is 0 Å². The molecule has 6 nitrogen and oxygen atoms in total. The fourth-order valence-electron chi connectivity index (χ4n) is 4.09. The Hall–Kier alpha value is -0.120. The number of aliphatic imine (C=N–C) groups is 1. The van der Waals surface area contributed by atoms with Gasteiger partial charge in [0.15, 0.2) is 5.96 Å². The van der Waals surface area contributed by atoms with Crippen molar-refractivity contribution in [3.8, 4) is 0 Å². The van der Waals surface area contributed by atoms with Crippen LogP contribution in [0.15, 0.2) is 4.99 Å². The maximum absolute atomic E-state index is 10.7. The van der Waals surface area contributed by atoms with E-state index >= 15 is 0 Å². The third-order valence-electron chi connectivity index (χ3n) is 5.61. The van der Waals surface area contributed by atoms with E-state index in [0.717, 1.165) is 64.9 Å². The summed E-state index contributed by atoms with van der Waals surface area (Å²) in [7, 11) is 0. The molecule has 1 spiro atoms. The summed E-state index contributed by atoms with van der Waals surface area (Å²) in [5, 5.41) is 13.8. The Bertz CT molecular complexity index is 396. The Balaban J connectivity index is 0.00000192. The van der Waals surface area contributed by atoms with Crippen LogP contribution in [0.2, 0.25) is 0 Å². The predicted octanol–water partition coefficient (Wildman–Crippen LogP) is 1.26. The van der Waals surface area contributed by atoms with Crippen molar-refractivity contribution >= 4 is 29.9 Å². The van der Waals surface area contributed by atoms with E-state index in [2.05, 4.69) is 10.3 Å². The number of nitrogens with one attached hydrogen (secondary N) is 1. The molecule has 3 aliphatic rings. The van der Waals surface area contributed by atoms with Crippen molar-refractivity contribution in [3.63, 3.8) is 0 Å². The first kappa shape index (κ1) is 19.2. The number of aliphatic hydroxyl groups excluding tert-OH is 1. The standard InChI is InChI=1S/C16H29N3O3.HI/c17-15(19-11-13-2-1-7-22-13)18-10-12-3-4-16(14(12)20)5-8-21-9-6-16;/h12-14,20H,1-11H2,(H3,17,18,19);1H. The van der Waals surface area contributed by atoms with Crippen molar-refractivity contribution in [1.82, 2.24) is 5.32 Å². The molecule has 0 aromatic heterocycles. The van der Waals surface area contributed by atoms with Gasteiger partial charge in [-0.1, -0.05) is 0 Å². The van der Waals surface area contributed by atoms with Crippen molar-refractivity contribution < 1.29 is 14.6 Å². The number of hydrogen-bond donors (Lipinski definition) is 3. The number of nitrogens with zero attached hydrogens (tertiary/aromatic N) is 1. The zero-order valence-electron chi connectivity index (χ0n) is 13.7. The van der Waals surface area contributed by atoms with Gasteiger partial charge < -0.3 is 25.6 Å². The average Bonchev–Trinajstić information content (AvgIpc) is 3.15. The third-order valence-corrected chi connectivity index (χ3v) is 5.61. The number of hydrogen-bond acceptors (Lipinski definition) is 4. The van der Waals surface area contributed by atoms with Gasteiger partial charge in [-0.25, -0.2) is 0 Å². The van der Waals surface area contributed by atoms with Crippen LogP contribution in [-0.4, -0.2) is 56.2 Å². The van der Waals surface area contributed by atoms with E-state index in [9.17, 15) is 5.11 Å². The van der Waals surface area contributed by atoms with Gasteiger partial charge in [0.2, 0.25) is 0 Å². The van der Waals surface area contributed by atoms with E-state index in [1.54, 1.807) is 0 Å². The first-order chi connectivity index (χ1) is 10.7. The van der Waals surface area contributed by atoms with Crippen LogP contribution in [-0.2, 0) is 9.47 Å². The van der Waals surface area contributed by atoms with Crippen LogP contribution in [0.5, 0.6) is 0 Å². The molecule has 23 heavy (non-hydrogen) atoms. The van der Waals surface area contributed by atoms with Gasteiger partial charge in [-0.05, 0) is 38.5 Å². The first-order valence-corrected chi connectivity index (χ1v) is 8.61. The molecular weight excluding hydrogens is 409 g/mol. The molecule has 7 heteroatoms. The molecule has 0 aromatic carbocycles. The Morgan fingerprint density at radius 2 is 2.00 bits per heavy atom. The van der Waals surface area contributed by atoms with Gasteiger partial charge in [-0.15, -0.1) is 24.0 Å². The molecule has 0 bridgehead atoms. The highest BCUT2D eigenvalue weighted by Crippen LogP contribution is 2.48. The molecule has 2 saturated heterocycles. The fraction of sp³-hybridized carbons (Fsp3) is 0.938. The van der Waals surface area contributed by atoms with Crippen LogP contribution in [0.3, 0.4) is 0 Å². The van der Waals surface area contributed by atoms with Gasteiger partial charge >= 0.3 is 0 Å². The number of rotatable bonds is 4. The predicted molar refractivity (Wildman–Crippen MR) is 100 cm³/mol. The molecule has 2 heterocycles. The first-order valence-electron chi connectivity index (χ1n) is 8.61. The third kappa shape index (κ3) is 4.70. The van der Waals surface area contributed by atoms with Crippen molar-refractivity contribution in [3.05, 3.63) is 0 Å². The summed E-state index contributed by atoms with van der Waals surface area (Å²) >= 11 is 0. The maximum atomic E-state index is 10.7. The number of ether oxygens (including phenoxy) is 2. The molecule has 3 rings (SSSR count). The average molecular weight is 439 g/mol. The topological polar surface area (TPSA) is 89.1 Å².